The lowest BCUT2D eigenvalue weighted by atomic mass is 10.2. The summed E-state index contributed by atoms with van der Waals surface area (Å²) in [5.74, 6) is 0. The van der Waals surface area contributed by atoms with Crippen molar-refractivity contribution in [1.29, 1.82) is 0 Å². The third kappa shape index (κ3) is 4.82. The molecule has 2 aromatic rings. The molecule has 21 heavy (non-hydrogen) atoms. The Balaban J connectivity index is 1.92. The molecule has 0 heterocycles. The average molecular weight is 303 g/mol. The van der Waals surface area contributed by atoms with Gasteiger partial charge in [-0.2, -0.15) is 0 Å². The fraction of sp³-hybridized carbons (Fsp3) is 0.125. The highest BCUT2D eigenvalue weighted by atomic mass is 32.2. The van der Waals surface area contributed by atoms with Crippen molar-refractivity contribution in [2.45, 2.75) is 11.0 Å². The number of hydrogen-bond donors (Lipinski definition) is 2. The first-order valence-corrected chi connectivity index (χ1v) is 8.02. The summed E-state index contributed by atoms with van der Waals surface area (Å²) >= 11 is 0. The summed E-state index contributed by atoms with van der Waals surface area (Å²) in [6.07, 6.45) is 2.42. The molecule has 2 N–H and O–H groups in total. The molecule has 0 saturated carbocycles. The number of rotatable bonds is 6. The zero-order valence-electron chi connectivity index (χ0n) is 11.4. The van der Waals surface area contributed by atoms with Crippen LogP contribution in [-0.4, -0.2) is 26.2 Å². The summed E-state index contributed by atoms with van der Waals surface area (Å²) < 4.78 is 26.3. The van der Waals surface area contributed by atoms with Gasteiger partial charge in [0.05, 0.1) is 11.0 Å². The van der Waals surface area contributed by atoms with Crippen molar-refractivity contribution in [2.24, 2.45) is 0 Å². The van der Waals surface area contributed by atoms with E-state index in [1.165, 1.54) is 12.1 Å². The summed E-state index contributed by atoms with van der Waals surface area (Å²) in [6, 6.07) is 17.6. The Morgan fingerprint density at radius 2 is 1.57 bits per heavy atom. The van der Waals surface area contributed by atoms with Crippen molar-refractivity contribution in [1.82, 2.24) is 4.72 Å². The predicted molar refractivity (Wildman–Crippen MR) is 83.1 cm³/mol. The molecule has 0 fully saturated rings. The van der Waals surface area contributed by atoms with Gasteiger partial charge in [0.15, 0.2) is 0 Å². The molecule has 2 aromatic carbocycles. The molecule has 1 atom stereocenters. The molecule has 0 bridgehead atoms. The molecule has 0 aromatic heterocycles. The quantitative estimate of drug-likeness (QED) is 0.858. The molecule has 0 amide bonds. The first-order chi connectivity index (χ1) is 10.1. The molecular weight excluding hydrogens is 286 g/mol. The zero-order valence-corrected chi connectivity index (χ0v) is 12.2. The Bertz CT molecular complexity index is 682. The van der Waals surface area contributed by atoms with Crippen LogP contribution in [0.5, 0.6) is 0 Å². The van der Waals surface area contributed by atoms with Crippen molar-refractivity contribution < 1.29 is 13.5 Å². The lowest BCUT2D eigenvalue weighted by molar-refractivity contribution is 0.227. The second kappa shape index (κ2) is 7.17. The highest BCUT2D eigenvalue weighted by molar-refractivity contribution is 7.89. The van der Waals surface area contributed by atoms with Gasteiger partial charge in [0, 0.05) is 6.54 Å². The smallest absolute Gasteiger partial charge is 0.240 e. The van der Waals surface area contributed by atoms with Gasteiger partial charge < -0.3 is 5.11 Å². The van der Waals surface area contributed by atoms with E-state index in [4.69, 9.17) is 0 Å². The second-order valence-electron chi connectivity index (χ2n) is 4.50. The maximum atomic E-state index is 12.0. The minimum absolute atomic E-state index is 0.0689. The van der Waals surface area contributed by atoms with Gasteiger partial charge in [0.25, 0.3) is 0 Å². The first kappa shape index (κ1) is 15.4. The van der Waals surface area contributed by atoms with Gasteiger partial charge in [-0.05, 0) is 17.7 Å². The molecular formula is C16H17NO3S. The van der Waals surface area contributed by atoms with E-state index in [2.05, 4.69) is 4.72 Å². The standard InChI is InChI=1S/C16H17NO3S/c18-15(12-11-14-7-3-1-4-8-14)13-17-21(19,20)16-9-5-2-6-10-16/h1-12,15,17-18H,13H2/b12-11+. The Labute approximate surface area is 124 Å². The van der Waals surface area contributed by atoms with Gasteiger partial charge in [-0.15, -0.1) is 0 Å². The van der Waals surface area contributed by atoms with Crippen LogP contribution in [-0.2, 0) is 10.0 Å². The van der Waals surface area contributed by atoms with Crippen molar-refractivity contribution in [3.63, 3.8) is 0 Å². The summed E-state index contributed by atoms with van der Waals surface area (Å²) in [4.78, 5) is 0.184. The van der Waals surface area contributed by atoms with Gasteiger partial charge in [-0.25, -0.2) is 13.1 Å². The van der Waals surface area contributed by atoms with E-state index in [0.29, 0.717) is 0 Å². The van der Waals surface area contributed by atoms with Crippen LogP contribution in [0.1, 0.15) is 5.56 Å². The molecule has 0 aliphatic heterocycles. The fourth-order valence-electron chi connectivity index (χ4n) is 1.73. The Morgan fingerprint density at radius 3 is 2.19 bits per heavy atom. The lowest BCUT2D eigenvalue weighted by Gasteiger charge is -2.09. The van der Waals surface area contributed by atoms with Crippen LogP contribution in [0.3, 0.4) is 0 Å². The van der Waals surface area contributed by atoms with Gasteiger partial charge in [0.1, 0.15) is 0 Å². The number of hydrogen-bond acceptors (Lipinski definition) is 3. The van der Waals surface area contributed by atoms with Crippen molar-refractivity contribution >= 4 is 16.1 Å². The van der Waals surface area contributed by atoms with Crippen molar-refractivity contribution in [3.8, 4) is 0 Å². The monoisotopic (exact) mass is 303 g/mol. The predicted octanol–water partition coefficient (Wildman–Crippen LogP) is 2.04. The first-order valence-electron chi connectivity index (χ1n) is 6.54. The molecule has 0 spiro atoms. The van der Waals surface area contributed by atoms with Gasteiger partial charge in [0.2, 0.25) is 10.0 Å². The average Bonchev–Trinajstić information content (AvgIpc) is 2.53. The van der Waals surface area contributed by atoms with Gasteiger partial charge in [-0.3, -0.25) is 0 Å². The number of aliphatic hydroxyl groups is 1. The summed E-state index contributed by atoms with van der Waals surface area (Å²) in [5, 5.41) is 9.81. The van der Waals surface area contributed by atoms with E-state index in [0.717, 1.165) is 5.56 Å². The van der Waals surface area contributed by atoms with Crippen LogP contribution < -0.4 is 4.72 Å². The molecule has 0 saturated heterocycles. The van der Waals surface area contributed by atoms with Crippen LogP contribution in [0.4, 0.5) is 0 Å². The summed E-state index contributed by atoms with van der Waals surface area (Å²) in [6.45, 7) is -0.0689. The maximum absolute atomic E-state index is 12.0. The van der Waals surface area contributed by atoms with Crippen LogP contribution >= 0.6 is 0 Å². The lowest BCUT2D eigenvalue weighted by Crippen LogP contribution is -2.31. The normalized spacial score (nSPS) is 13.4. The fourth-order valence-corrected chi connectivity index (χ4v) is 2.80. The van der Waals surface area contributed by atoms with Crippen LogP contribution in [0, 0.1) is 0 Å². The molecule has 0 aliphatic carbocycles. The minimum atomic E-state index is -3.58. The highest BCUT2D eigenvalue weighted by Gasteiger charge is 2.13. The Hall–Kier alpha value is -1.95. The Morgan fingerprint density at radius 1 is 1.00 bits per heavy atom. The van der Waals surface area contributed by atoms with Gasteiger partial charge in [-0.1, -0.05) is 60.7 Å². The molecule has 110 valence electrons. The molecule has 0 radical (unpaired) electrons. The zero-order chi connectivity index (χ0) is 15.1. The third-order valence-electron chi connectivity index (χ3n) is 2.85. The topological polar surface area (TPSA) is 66.4 Å². The van der Waals surface area contributed by atoms with E-state index in [-0.39, 0.29) is 11.4 Å². The van der Waals surface area contributed by atoms with E-state index in [1.807, 2.05) is 30.3 Å². The molecule has 2 rings (SSSR count). The van der Waals surface area contributed by atoms with Gasteiger partial charge >= 0.3 is 0 Å². The third-order valence-corrected chi connectivity index (χ3v) is 4.29. The number of aliphatic hydroxyl groups excluding tert-OH is 1. The van der Waals surface area contributed by atoms with E-state index in [1.54, 1.807) is 30.4 Å². The second-order valence-corrected chi connectivity index (χ2v) is 6.27. The summed E-state index contributed by atoms with van der Waals surface area (Å²) in [7, 11) is -3.58. The highest BCUT2D eigenvalue weighted by Crippen LogP contribution is 2.07. The van der Waals surface area contributed by atoms with E-state index < -0.39 is 16.1 Å². The van der Waals surface area contributed by atoms with Crippen LogP contribution in [0.15, 0.2) is 71.6 Å². The SMILES string of the molecule is O=S(=O)(NCC(O)/C=C/c1ccccc1)c1ccccc1. The molecule has 1 unspecified atom stereocenters. The summed E-state index contributed by atoms with van der Waals surface area (Å²) in [5.41, 5.74) is 0.947. The molecule has 0 aliphatic rings. The van der Waals surface area contributed by atoms with Crippen LogP contribution in [0.25, 0.3) is 6.08 Å². The Kier molecular flexibility index (Phi) is 5.27. The minimum Gasteiger partial charge on any atom is -0.388 e. The van der Waals surface area contributed by atoms with Crippen molar-refractivity contribution in [2.75, 3.05) is 6.54 Å². The maximum Gasteiger partial charge on any atom is 0.240 e. The number of nitrogens with one attached hydrogen (secondary N) is 1. The number of sulfonamides is 1. The largest absolute Gasteiger partial charge is 0.388 e. The molecule has 4 nitrogen and oxygen atoms in total. The molecule has 5 heteroatoms. The van der Waals surface area contributed by atoms with Crippen LogP contribution in [0.2, 0.25) is 0 Å². The van der Waals surface area contributed by atoms with Crippen molar-refractivity contribution in [3.05, 3.63) is 72.3 Å². The van der Waals surface area contributed by atoms with E-state index >= 15 is 0 Å². The van der Waals surface area contributed by atoms with E-state index in [9.17, 15) is 13.5 Å². The number of benzene rings is 2.